The Balaban J connectivity index is 0.000000156. The van der Waals surface area contributed by atoms with Crippen LogP contribution in [0.4, 0.5) is 34.1 Å². The fourth-order valence-electron chi connectivity index (χ4n) is 15.0. The predicted molar refractivity (Wildman–Crippen MR) is 446 cm³/mol. The van der Waals surface area contributed by atoms with Crippen molar-refractivity contribution in [3.63, 3.8) is 0 Å². The van der Waals surface area contributed by atoms with Gasteiger partial charge in [-0.3, -0.25) is 0 Å². The van der Waals surface area contributed by atoms with E-state index in [0.717, 1.165) is 34.1 Å². The first-order valence-corrected chi connectivity index (χ1v) is 36.3. The average Bonchev–Trinajstić information content (AvgIpc) is 1.64. The highest BCUT2D eigenvalue weighted by Crippen LogP contribution is 2.52. The van der Waals surface area contributed by atoms with Gasteiger partial charge in [0.25, 0.3) is 0 Å². The summed E-state index contributed by atoms with van der Waals surface area (Å²) in [5.41, 5.74) is 33.8. The largest absolute Gasteiger partial charge is 0.311 e. The molecule has 0 fully saturated rings. The van der Waals surface area contributed by atoms with E-state index in [1.54, 1.807) is 0 Å². The fraction of sp³-hybridized carbons (Fsp3) is 0.0291. The highest BCUT2D eigenvalue weighted by atomic mass is 15.1. The monoisotopic (exact) mass is 1340 g/mol. The van der Waals surface area contributed by atoms with E-state index in [0.29, 0.717) is 0 Å². The van der Waals surface area contributed by atoms with Gasteiger partial charge in [0.15, 0.2) is 0 Å². The van der Waals surface area contributed by atoms with Crippen molar-refractivity contribution in [3.8, 4) is 111 Å². The normalized spacial score (nSPS) is 11.8. The second kappa shape index (κ2) is 28.9. The van der Waals surface area contributed by atoms with Crippen LogP contribution in [0.5, 0.6) is 0 Å². The molecule has 0 aromatic heterocycles. The number of hydrogen-bond acceptors (Lipinski definition) is 2. The summed E-state index contributed by atoms with van der Waals surface area (Å²) >= 11 is 0. The molecule has 0 bridgehead atoms. The zero-order chi connectivity index (χ0) is 70.5. The first kappa shape index (κ1) is 64.9. The van der Waals surface area contributed by atoms with Crippen molar-refractivity contribution in [1.29, 1.82) is 0 Å². The minimum atomic E-state index is -0.159. The van der Waals surface area contributed by atoms with Crippen molar-refractivity contribution in [2.75, 3.05) is 9.80 Å². The molecule has 498 valence electrons. The quantitative estimate of drug-likeness (QED) is 0.101. The van der Waals surface area contributed by atoms with Crippen LogP contribution in [0.2, 0.25) is 0 Å². The second-order valence-corrected chi connectivity index (χ2v) is 27.6. The first-order valence-electron chi connectivity index (χ1n) is 36.3. The van der Waals surface area contributed by atoms with Gasteiger partial charge in [-0.05, 0) is 218 Å². The Morgan fingerprint density at radius 1 is 0.152 bits per heavy atom. The lowest BCUT2D eigenvalue weighted by atomic mass is 9.81. The number of nitrogens with zero attached hydrogens (tertiary/aromatic N) is 2. The summed E-state index contributed by atoms with van der Waals surface area (Å²) in [4.78, 5) is 4.73. The third-order valence-corrected chi connectivity index (χ3v) is 20.8. The Kier molecular flexibility index (Phi) is 17.9. The molecule has 0 saturated heterocycles. The highest BCUT2D eigenvalue weighted by Gasteiger charge is 2.36. The summed E-state index contributed by atoms with van der Waals surface area (Å²) in [6, 6.07) is 153. The first-order chi connectivity index (χ1) is 51.8. The summed E-state index contributed by atoms with van der Waals surface area (Å²) in [7, 11) is 0. The number of hydrogen-bond donors (Lipinski definition) is 0. The molecule has 0 radical (unpaired) electrons. The van der Waals surface area contributed by atoms with Crippen LogP contribution in [0.3, 0.4) is 0 Å². The molecule has 0 N–H and O–H groups in total. The topological polar surface area (TPSA) is 6.48 Å². The van der Waals surface area contributed by atoms with Crippen molar-refractivity contribution in [3.05, 3.63) is 436 Å². The Morgan fingerprint density at radius 2 is 0.352 bits per heavy atom. The molecule has 0 aliphatic heterocycles. The lowest BCUT2D eigenvalue weighted by molar-refractivity contribution is 0.660. The van der Waals surface area contributed by atoms with E-state index in [4.69, 9.17) is 0 Å². The average molecular weight is 1340 g/mol. The molecule has 18 rings (SSSR count). The predicted octanol–water partition coefficient (Wildman–Crippen LogP) is 28.8. The van der Waals surface area contributed by atoms with Crippen molar-refractivity contribution in [2.24, 2.45) is 0 Å². The van der Waals surface area contributed by atoms with Crippen molar-refractivity contribution >= 4 is 44.9 Å². The molecule has 105 heavy (non-hydrogen) atoms. The summed E-state index contributed by atoms with van der Waals surface area (Å²) in [5.74, 6) is 0. The molecular weight excluding hydrogens is 1270 g/mol. The molecule has 17 aromatic rings. The number of anilines is 6. The van der Waals surface area contributed by atoms with Crippen LogP contribution >= 0.6 is 0 Å². The molecule has 0 atom stereocenters. The summed E-state index contributed by atoms with van der Waals surface area (Å²) in [6.07, 6.45) is 0. The highest BCUT2D eigenvalue weighted by molar-refractivity contribution is 5.92. The van der Waals surface area contributed by atoms with E-state index < -0.39 is 0 Å². The van der Waals surface area contributed by atoms with Crippen molar-refractivity contribution in [1.82, 2.24) is 0 Å². The van der Waals surface area contributed by atoms with Crippen molar-refractivity contribution in [2.45, 2.75) is 19.3 Å². The van der Waals surface area contributed by atoms with Crippen molar-refractivity contribution < 1.29 is 0 Å². The molecule has 0 saturated carbocycles. The van der Waals surface area contributed by atoms with Gasteiger partial charge in [-0.1, -0.05) is 354 Å². The number of benzene rings is 17. The zero-order valence-electron chi connectivity index (χ0n) is 58.8. The molecular formula is C103H76N2. The van der Waals surface area contributed by atoms with Gasteiger partial charge in [-0.25, -0.2) is 0 Å². The third kappa shape index (κ3) is 13.6. The van der Waals surface area contributed by atoms with Gasteiger partial charge in [-0.2, -0.15) is 0 Å². The maximum atomic E-state index is 2.42. The van der Waals surface area contributed by atoms with Crippen LogP contribution in [0, 0.1) is 0 Å². The second-order valence-electron chi connectivity index (χ2n) is 27.6. The van der Waals surface area contributed by atoms with Crippen LogP contribution in [0.25, 0.3) is 122 Å². The van der Waals surface area contributed by atoms with E-state index in [1.807, 2.05) is 0 Å². The van der Waals surface area contributed by atoms with Gasteiger partial charge in [0.2, 0.25) is 0 Å². The summed E-state index contributed by atoms with van der Waals surface area (Å²) in [5, 5.41) is 2.54. The lowest BCUT2D eigenvalue weighted by Crippen LogP contribution is -2.16. The lowest BCUT2D eigenvalue weighted by Gasteiger charge is -2.28. The van der Waals surface area contributed by atoms with Gasteiger partial charge in [-0.15, -0.1) is 0 Å². The molecule has 0 spiro atoms. The maximum Gasteiger partial charge on any atom is 0.0465 e. The number of fused-ring (bicyclic) bond motifs is 4. The minimum Gasteiger partial charge on any atom is -0.311 e. The van der Waals surface area contributed by atoms with Gasteiger partial charge in [0.1, 0.15) is 0 Å². The van der Waals surface area contributed by atoms with Gasteiger partial charge < -0.3 is 9.80 Å². The molecule has 2 nitrogen and oxygen atoms in total. The molecule has 0 heterocycles. The SMILES string of the molecule is CC1(C)c2cc(-c3ccc4ccccc4c3)ccc2-c2ccc(N(c3ccc(-c4ccccc4)cc3)c3ccc(-c4ccccc4)cc3)cc21.c1ccc(-c2ccc(-c3ccc(N(c4ccc(-c5ccc(-c6ccccc6)cc5)cc4)c4ccc(-c5ccc(-c6ccccc6)cc5)cc4)cc3)cc2)cc1. The molecule has 0 unspecified atom stereocenters. The standard InChI is InChI=1S/C54H39N.C49H37N/c1-4-10-40(11-5-1)43-16-22-46(23-17-43)49-28-34-52(35-29-49)55(53-36-30-50(31-37-53)47-24-18-44(19-25-47)41-12-6-2-7-13-41)54-38-32-51(33-39-54)48-26-20-45(21-27-48)42-14-8-3-9-15-42;1-49(2)47-32-41(40-18-17-36-15-9-10-16-39(36)31-40)23-29-45(47)46-30-28-44(33-48(46)49)50(42-24-19-37(20-25-42)34-11-5-3-6-12-34)43-26-21-38(22-27-43)35-13-7-4-8-14-35/h1-39H;3-33H,1-2H3. The van der Waals surface area contributed by atoms with Crippen LogP contribution in [-0.4, -0.2) is 0 Å². The maximum absolute atomic E-state index is 2.42. The summed E-state index contributed by atoms with van der Waals surface area (Å²) < 4.78 is 0. The van der Waals surface area contributed by atoms with E-state index in [9.17, 15) is 0 Å². The number of rotatable bonds is 15. The summed E-state index contributed by atoms with van der Waals surface area (Å²) in [6.45, 7) is 4.75. The smallest absolute Gasteiger partial charge is 0.0465 e. The third-order valence-electron chi connectivity index (χ3n) is 20.8. The van der Waals surface area contributed by atoms with Gasteiger partial charge in [0, 0.05) is 39.5 Å². The zero-order valence-corrected chi connectivity index (χ0v) is 58.8. The van der Waals surface area contributed by atoms with E-state index in [2.05, 4.69) is 448 Å². The Bertz CT molecular complexity index is 5420. The molecule has 17 aromatic carbocycles. The van der Waals surface area contributed by atoms with Gasteiger partial charge in [0.05, 0.1) is 0 Å². The van der Waals surface area contributed by atoms with Crippen LogP contribution < -0.4 is 9.80 Å². The Hall–Kier alpha value is -13.4. The Morgan fingerprint density at radius 3 is 0.657 bits per heavy atom. The van der Waals surface area contributed by atoms with Gasteiger partial charge >= 0.3 is 0 Å². The van der Waals surface area contributed by atoms with E-state index >= 15 is 0 Å². The fourth-order valence-corrected chi connectivity index (χ4v) is 15.0. The van der Waals surface area contributed by atoms with Crippen LogP contribution in [-0.2, 0) is 5.41 Å². The van der Waals surface area contributed by atoms with E-state index in [1.165, 1.54) is 133 Å². The minimum absolute atomic E-state index is 0.159. The van der Waals surface area contributed by atoms with E-state index in [-0.39, 0.29) is 5.41 Å². The molecule has 1 aliphatic carbocycles. The van der Waals surface area contributed by atoms with Crippen LogP contribution in [0.1, 0.15) is 25.0 Å². The molecule has 2 heteroatoms. The molecule has 0 amide bonds. The Labute approximate surface area is 617 Å². The van der Waals surface area contributed by atoms with Crippen LogP contribution in [0.15, 0.2) is 425 Å². The molecule has 1 aliphatic rings.